The molecule has 0 unspecified atom stereocenters. The normalized spacial score (nSPS) is 10.1. The molecular weight excluding hydrogens is 172 g/mol. The highest BCUT2D eigenvalue weighted by Crippen LogP contribution is 2.19. The number of nitrogens with two attached hydrogens (primary N) is 1. The fourth-order valence-electron chi connectivity index (χ4n) is 1.32. The Hall–Kier alpha value is -1.83. The molecule has 0 radical (unpaired) electrons. The van der Waals surface area contributed by atoms with Gasteiger partial charge in [-0.3, -0.25) is 0 Å². The van der Waals surface area contributed by atoms with Crippen LogP contribution in [0.15, 0.2) is 42.6 Å². The highest BCUT2D eigenvalue weighted by molar-refractivity contribution is 5.63. The summed E-state index contributed by atoms with van der Waals surface area (Å²) in [6.45, 7) is 2.07. The number of benzene rings is 1. The topological polar surface area (TPSA) is 38.9 Å². The third-order valence-corrected chi connectivity index (χ3v) is 2.17. The minimum Gasteiger partial charge on any atom is -0.384 e. The molecule has 0 aliphatic carbocycles. The lowest BCUT2D eigenvalue weighted by molar-refractivity contribution is 1.33. The molecular formula is C12H12N2. The Labute approximate surface area is 83.4 Å². The maximum absolute atomic E-state index is 5.52. The first kappa shape index (κ1) is 8.75. The Morgan fingerprint density at radius 3 is 2.14 bits per heavy atom. The number of anilines is 1. The summed E-state index contributed by atoms with van der Waals surface area (Å²) in [6.07, 6.45) is 1.79. The van der Waals surface area contributed by atoms with Crippen LogP contribution >= 0.6 is 0 Å². The van der Waals surface area contributed by atoms with Crippen molar-refractivity contribution < 1.29 is 0 Å². The minimum atomic E-state index is 0.556. The van der Waals surface area contributed by atoms with Crippen molar-refractivity contribution >= 4 is 5.82 Å². The largest absolute Gasteiger partial charge is 0.384 e. The molecule has 70 valence electrons. The number of nitrogen functional groups attached to an aromatic ring is 1. The van der Waals surface area contributed by atoms with Crippen LogP contribution in [0.1, 0.15) is 5.56 Å². The molecule has 0 aliphatic heterocycles. The predicted molar refractivity (Wildman–Crippen MR) is 58.8 cm³/mol. The monoisotopic (exact) mass is 184 g/mol. The van der Waals surface area contributed by atoms with Crippen LogP contribution < -0.4 is 5.73 Å². The molecule has 0 amide bonds. The van der Waals surface area contributed by atoms with Crippen LogP contribution in [0.25, 0.3) is 11.1 Å². The van der Waals surface area contributed by atoms with Gasteiger partial charge in [0.05, 0.1) is 0 Å². The SMILES string of the molecule is Cc1ccc(-c2ccc(N)nc2)cc1. The van der Waals surface area contributed by atoms with E-state index in [4.69, 9.17) is 5.73 Å². The van der Waals surface area contributed by atoms with Crippen molar-refractivity contribution in [2.75, 3.05) is 5.73 Å². The van der Waals surface area contributed by atoms with Gasteiger partial charge in [0.1, 0.15) is 5.82 Å². The van der Waals surface area contributed by atoms with Crippen molar-refractivity contribution in [3.8, 4) is 11.1 Å². The van der Waals surface area contributed by atoms with Crippen molar-refractivity contribution in [2.24, 2.45) is 0 Å². The maximum Gasteiger partial charge on any atom is 0.123 e. The number of hydrogen-bond acceptors (Lipinski definition) is 2. The number of nitrogens with zero attached hydrogens (tertiary/aromatic N) is 1. The zero-order valence-electron chi connectivity index (χ0n) is 8.07. The molecule has 0 spiro atoms. The van der Waals surface area contributed by atoms with Gasteiger partial charge in [-0.2, -0.15) is 0 Å². The third-order valence-electron chi connectivity index (χ3n) is 2.17. The Balaban J connectivity index is 2.40. The van der Waals surface area contributed by atoms with E-state index in [1.807, 2.05) is 12.1 Å². The van der Waals surface area contributed by atoms with Gasteiger partial charge < -0.3 is 5.73 Å². The number of aromatic nitrogens is 1. The molecule has 0 atom stereocenters. The summed E-state index contributed by atoms with van der Waals surface area (Å²) in [6, 6.07) is 12.1. The Morgan fingerprint density at radius 2 is 1.57 bits per heavy atom. The molecule has 1 heterocycles. The average molecular weight is 184 g/mol. The van der Waals surface area contributed by atoms with Gasteiger partial charge in [0.2, 0.25) is 0 Å². The first-order valence-electron chi connectivity index (χ1n) is 4.54. The van der Waals surface area contributed by atoms with Crippen LogP contribution in [-0.4, -0.2) is 4.98 Å². The zero-order valence-corrected chi connectivity index (χ0v) is 8.07. The van der Waals surface area contributed by atoms with Crippen molar-refractivity contribution in [3.05, 3.63) is 48.2 Å². The lowest BCUT2D eigenvalue weighted by atomic mass is 10.1. The Morgan fingerprint density at radius 1 is 0.929 bits per heavy atom. The lowest BCUT2D eigenvalue weighted by Crippen LogP contribution is -1.88. The molecule has 2 heteroatoms. The third kappa shape index (κ3) is 1.74. The molecule has 0 saturated carbocycles. The fourth-order valence-corrected chi connectivity index (χ4v) is 1.32. The van der Waals surface area contributed by atoms with E-state index in [9.17, 15) is 0 Å². The van der Waals surface area contributed by atoms with Crippen LogP contribution in [0.4, 0.5) is 5.82 Å². The van der Waals surface area contributed by atoms with Gasteiger partial charge in [0.15, 0.2) is 0 Å². The van der Waals surface area contributed by atoms with Crippen LogP contribution in [0.5, 0.6) is 0 Å². The highest BCUT2D eigenvalue weighted by Gasteiger charge is 1.96. The molecule has 0 aliphatic rings. The first-order chi connectivity index (χ1) is 6.75. The van der Waals surface area contributed by atoms with Gasteiger partial charge in [-0.25, -0.2) is 4.98 Å². The maximum atomic E-state index is 5.52. The number of hydrogen-bond donors (Lipinski definition) is 1. The molecule has 1 aromatic carbocycles. The summed E-state index contributed by atoms with van der Waals surface area (Å²) in [5, 5.41) is 0. The second-order valence-electron chi connectivity index (χ2n) is 3.34. The molecule has 2 aromatic rings. The van der Waals surface area contributed by atoms with Crippen molar-refractivity contribution in [2.45, 2.75) is 6.92 Å². The van der Waals surface area contributed by atoms with Crippen molar-refractivity contribution in [1.29, 1.82) is 0 Å². The smallest absolute Gasteiger partial charge is 0.123 e. The summed E-state index contributed by atoms with van der Waals surface area (Å²) >= 11 is 0. The number of rotatable bonds is 1. The summed E-state index contributed by atoms with van der Waals surface area (Å²) in [5.74, 6) is 0.556. The van der Waals surface area contributed by atoms with E-state index in [2.05, 4.69) is 36.2 Å². The lowest BCUT2D eigenvalue weighted by Gasteiger charge is -2.01. The molecule has 2 rings (SSSR count). The second kappa shape index (κ2) is 3.50. The van der Waals surface area contributed by atoms with E-state index in [1.54, 1.807) is 6.20 Å². The Bertz CT molecular complexity index is 372. The van der Waals surface area contributed by atoms with Gasteiger partial charge in [0, 0.05) is 11.8 Å². The minimum absolute atomic E-state index is 0.556. The summed E-state index contributed by atoms with van der Waals surface area (Å²) in [5.41, 5.74) is 9.05. The molecule has 1 aromatic heterocycles. The molecule has 2 nitrogen and oxygen atoms in total. The molecule has 14 heavy (non-hydrogen) atoms. The second-order valence-corrected chi connectivity index (χ2v) is 3.34. The quantitative estimate of drug-likeness (QED) is 0.740. The highest BCUT2D eigenvalue weighted by atomic mass is 14.8. The number of pyridine rings is 1. The summed E-state index contributed by atoms with van der Waals surface area (Å²) in [4.78, 5) is 4.06. The molecule has 0 bridgehead atoms. The number of aryl methyl sites for hydroxylation is 1. The van der Waals surface area contributed by atoms with E-state index in [1.165, 1.54) is 11.1 Å². The molecule has 0 saturated heterocycles. The first-order valence-corrected chi connectivity index (χ1v) is 4.54. The summed E-state index contributed by atoms with van der Waals surface area (Å²) < 4.78 is 0. The Kier molecular flexibility index (Phi) is 2.19. The van der Waals surface area contributed by atoms with E-state index in [0.717, 1.165) is 5.56 Å². The van der Waals surface area contributed by atoms with Gasteiger partial charge in [-0.1, -0.05) is 29.8 Å². The molecule has 2 N–H and O–H groups in total. The fraction of sp³-hybridized carbons (Fsp3) is 0.0833. The van der Waals surface area contributed by atoms with Crippen LogP contribution in [0, 0.1) is 6.92 Å². The van der Waals surface area contributed by atoms with Crippen molar-refractivity contribution in [3.63, 3.8) is 0 Å². The van der Waals surface area contributed by atoms with E-state index in [0.29, 0.717) is 5.82 Å². The van der Waals surface area contributed by atoms with Crippen LogP contribution in [0.3, 0.4) is 0 Å². The van der Waals surface area contributed by atoms with Crippen molar-refractivity contribution in [1.82, 2.24) is 4.98 Å². The van der Waals surface area contributed by atoms with Crippen LogP contribution in [-0.2, 0) is 0 Å². The standard InChI is InChI=1S/C12H12N2/c1-9-2-4-10(5-3-9)11-6-7-12(13)14-8-11/h2-8H,1H3,(H2,13,14). The van der Waals surface area contributed by atoms with Crippen LogP contribution in [0.2, 0.25) is 0 Å². The van der Waals surface area contributed by atoms with E-state index >= 15 is 0 Å². The van der Waals surface area contributed by atoms with E-state index < -0.39 is 0 Å². The zero-order chi connectivity index (χ0) is 9.97. The van der Waals surface area contributed by atoms with Gasteiger partial charge in [-0.05, 0) is 24.6 Å². The molecule has 0 fully saturated rings. The predicted octanol–water partition coefficient (Wildman–Crippen LogP) is 2.64. The van der Waals surface area contributed by atoms with Gasteiger partial charge in [0.25, 0.3) is 0 Å². The average Bonchev–Trinajstić information content (AvgIpc) is 2.21. The van der Waals surface area contributed by atoms with Gasteiger partial charge in [-0.15, -0.1) is 0 Å². The summed E-state index contributed by atoms with van der Waals surface area (Å²) in [7, 11) is 0. The van der Waals surface area contributed by atoms with Gasteiger partial charge >= 0.3 is 0 Å². The van der Waals surface area contributed by atoms with E-state index in [-0.39, 0.29) is 0 Å².